The Morgan fingerprint density at radius 2 is 1.20 bits per heavy atom. The Morgan fingerprint density at radius 3 is 1.71 bits per heavy atom. The quantitative estimate of drug-likeness (QED) is 0.105. The molecule has 1 aliphatic rings. The maximum absolute atomic E-state index is 15.2. The van der Waals surface area contributed by atoms with Crippen LogP contribution in [0.5, 0.6) is 0 Å². The molecule has 306 valence electrons. The van der Waals surface area contributed by atoms with Crippen LogP contribution in [0.25, 0.3) is 0 Å². The van der Waals surface area contributed by atoms with Crippen molar-refractivity contribution in [3.8, 4) is 0 Å². The summed E-state index contributed by atoms with van der Waals surface area (Å²) in [5, 5.41) is -1.82. The van der Waals surface area contributed by atoms with Crippen LogP contribution in [0.2, 0.25) is 0 Å². The second kappa shape index (κ2) is 17.4. The average Bonchev–Trinajstić information content (AvgIpc) is 3.23. The van der Waals surface area contributed by atoms with Crippen molar-refractivity contribution in [3.05, 3.63) is 206 Å². The molecule has 1 fully saturated rings. The van der Waals surface area contributed by atoms with E-state index in [1.165, 1.54) is 25.3 Å². The lowest BCUT2D eigenvalue weighted by atomic mass is 9.80. The van der Waals surface area contributed by atoms with Gasteiger partial charge in [-0.15, -0.1) is 0 Å². The van der Waals surface area contributed by atoms with Crippen LogP contribution in [-0.4, -0.2) is 62.8 Å². The summed E-state index contributed by atoms with van der Waals surface area (Å²) in [4.78, 5) is 28.5. The van der Waals surface area contributed by atoms with Crippen molar-refractivity contribution in [2.24, 2.45) is 0 Å². The van der Waals surface area contributed by atoms with Crippen molar-refractivity contribution in [1.29, 1.82) is 0 Å². The minimum atomic E-state index is -4.61. The zero-order chi connectivity index (χ0) is 41.8. The lowest BCUT2D eigenvalue weighted by Crippen LogP contribution is -2.62. The summed E-state index contributed by atoms with van der Waals surface area (Å²) in [6.45, 7) is 2.67. The van der Waals surface area contributed by atoms with Gasteiger partial charge in [0.25, 0.3) is 15.7 Å². The Bertz CT molecular complexity index is 2600. The largest absolute Gasteiger partial charge is 0.367 e. The fraction of sp³-hybridized carbons (Fsp3) is 0.244. The Morgan fingerprint density at radius 1 is 0.695 bits per heavy atom. The number of nitrogens with one attached hydrogen (secondary N) is 1. The standard InChI is InChI=1S/C45H44N2O10S2/c1-31-24-26-37(27-25-31)59(52,53)41-39(57-58(3,50)51)38(56-43(47-28-32(2)42(48)46-44(47)49)40(41)54-29-33-16-8-4-9-17-33)30-55-45(34-18-10-5-11-19-34,35-20-12-6-13-21-35)36-22-14-7-15-23-36/h4-28,38-41,43H,29-30H2,1-3H3,(H,46,48,49)/t38-,39-,40-,41-,43-/m1/s1. The first-order valence-electron chi connectivity index (χ1n) is 18.9. The van der Waals surface area contributed by atoms with Gasteiger partial charge in [0.15, 0.2) is 16.1 Å². The van der Waals surface area contributed by atoms with E-state index in [0.29, 0.717) is 22.3 Å². The molecule has 0 spiro atoms. The minimum Gasteiger partial charge on any atom is -0.367 e. The molecule has 5 atom stereocenters. The van der Waals surface area contributed by atoms with E-state index in [-0.39, 0.29) is 17.1 Å². The topological polar surface area (TPSA) is 160 Å². The molecular weight excluding hydrogens is 793 g/mol. The van der Waals surface area contributed by atoms with Gasteiger partial charge in [0.05, 0.1) is 24.4 Å². The number of hydrogen-bond donors (Lipinski definition) is 1. The molecule has 0 amide bonds. The zero-order valence-corrected chi connectivity index (χ0v) is 34.2. The highest BCUT2D eigenvalue weighted by Gasteiger charge is 2.56. The number of benzene rings is 5. The molecule has 0 unspecified atom stereocenters. The molecule has 0 bridgehead atoms. The molecule has 1 aromatic heterocycles. The van der Waals surface area contributed by atoms with Gasteiger partial charge in [0.2, 0.25) is 0 Å². The minimum absolute atomic E-state index is 0.131. The summed E-state index contributed by atoms with van der Waals surface area (Å²) in [7, 11) is -9.02. The van der Waals surface area contributed by atoms with Crippen molar-refractivity contribution >= 4 is 20.0 Å². The Kier molecular flexibility index (Phi) is 12.3. The summed E-state index contributed by atoms with van der Waals surface area (Å²) in [5.41, 5.74) is 0.815. The van der Waals surface area contributed by atoms with Gasteiger partial charge < -0.3 is 14.2 Å². The van der Waals surface area contributed by atoms with Crippen LogP contribution in [0.15, 0.2) is 166 Å². The Balaban J connectivity index is 1.45. The SMILES string of the molecule is Cc1ccc(S(=O)(=O)[C@H]2[C@@H](OCc3ccccc3)[C@H](n3cc(C)c(=O)[nH]c3=O)O[C@H](COC(c3ccccc3)(c3ccccc3)c3ccccc3)[C@H]2OS(C)(=O)=O)cc1. The van der Waals surface area contributed by atoms with E-state index in [2.05, 4.69) is 4.98 Å². The second-order valence-corrected chi connectivity index (χ2v) is 18.2. The van der Waals surface area contributed by atoms with Crippen molar-refractivity contribution in [3.63, 3.8) is 0 Å². The van der Waals surface area contributed by atoms with E-state index in [0.717, 1.165) is 16.4 Å². The van der Waals surface area contributed by atoms with E-state index in [1.807, 2.05) is 97.1 Å². The normalized spacial score (nSPS) is 19.9. The molecule has 59 heavy (non-hydrogen) atoms. The fourth-order valence-electron chi connectivity index (χ4n) is 7.50. The first kappa shape index (κ1) is 41.7. The van der Waals surface area contributed by atoms with E-state index < -0.39 is 73.2 Å². The first-order chi connectivity index (χ1) is 28.3. The number of aryl methyl sites for hydroxylation is 2. The molecule has 12 nitrogen and oxygen atoms in total. The highest BCUT2D eigenvalue weighted by molar-refractivity contribution is 7.92. The predicted molar refractivity (Wildman–Crippen MR) is 222 cm³/mol. The summed E-state index contributed by atoms with van der Waals surface area (Å²) < 4.78 is 84.2. The van der Waals surface area contributed by atoms with Gasteiger partial charge in [-0.1, -0.05) is 139 Å². The summed E-state index contributed by atoms with van der Waals surface area (Å²) in [6, 6.07) is 43.2. The van der Waals surface area contributed by atoms with Gasteiger partial charge in [0, 0.05) is 11.8 Å². The molecule has 0 radical (unpaired) electrons. The Labute approximate surface area is 343 Å². The van der Waals surface area contributed by atoms with Crippen LogP contribution in [-0.2, 0) is 50.6 Å². The van der Waals surface area contributed by atoms with Gasteiger partial charge in [-0.2, -0.15) is 8.42 Å². The maximum Gasteiger partial charge on any atom is 0.330 e. The number of ether oxygens (including phenoxy) is 3. The molecular formula is C45H44N2O10S2. The maximum atomic E-state index is 15.2. The number of rotatable bonds is 14. The smallest absolute Gasteiger partial charge is 0.330 e. The van der Waals surface area contributed by atoms with E-state index in [9.17, 15) is 18.0 Å². The zero-order valence-electron chi connectivity index (χ0n) is 32.6. The summed E-state index contributed by atoms with van der Waals surface area (Å²) in [6.07, 6.45) is -4.34. The molecule has 0 aliphatic carbocycles. The summed E-state index contributed by atoms with van der Waals surface area (Å²) >= 11 is 0. The number of H-pyrrole nitrogens is 1. The highest BCUT2D eigenvalue weighted by atomic mass is 32.2. The van der Waals surface area contributed by atoms with Crippen LogP contribution < -0.4 is 11.2 Å². The van der Waals surface area contributed by atoms with Gasteiger partial charge in [-0.05, 0) is 48.2 Å². The molecule has 2 heterocycles. The predicted octanol–water partition coefficient (Wildman–Crippen LogP) is 5.83. The number of hydrogen-bond acceptors (Lipinski definition) is 10. The number of nitrogens with zero attached hydrogens (tertiary/aromatic N) is 1. The first-order valence-corrected chi connectivity index (χ1v) is 22.3. The average molecular weight is 837 g/mol. The highest BCUT2D eigenvalue weighted by Crippen LogP contribution is 2.43. The van der Waals surface area contributed by atoms with Crippen LogP contribution in [0.3, 0.4) is 0 Å². The van der Waals surface area contributed by atoms with Crippen molar-refractivity contribution in [1.82, 2.24) is 9.55 Å². The third kappa shape index (κ3) is 8.93. The monoisotopic (exact) mass is 836 g/mol. The lowest BCUT2D eigenvalue weighted by Gasteiger charge is -2.46. The van der Waals surface area contributed by atoms with Crippen LogP contribution in [0.1, 0.15) is 39.6 Å². The Hall–Kier alpha value is -5.48. The molecule has 7 rings (SSSR count). The third-order valence-corrected chi connectivity index (χ3v) is 13.1. The molecule has 5 aromatic carbocycles. The van der Waals surface area contributed by atoms with Gasteiger partial charge in [-0.25, -0.2) is 13.2 Å². The molecule has 1 aliphatic heterocycles. The fourth-order valence-corrected chi connectivity index (χ4v) is 10.2. The number of aromatic nitrogens is 2. The van der Waals surface area contributed by atoms with Crippen molar-refractivity contribution < 1.29 is 35.2 Å². The summed E-state index contributed by atoms with van der Waals surface area (Å²) in [5.74, 6) is 0. The van der Waals surface area contributed by atoms with E-state index >= 15 is 8.42 Å². The molecule has 14 heteroatoms. The van der Waals surface area contributed by atoms with E-state index in [4.69, 9.17) is 18.4 Å². The van der Waals surface area contributed by atoms with E-state index in [1.54, 1.807) is 43.3 Å². The van der Waals surface area contributed by atoms with Crippen LogP contribution in [0, 0.1) is 13.8 Å². The molecule has 6 aromatic rings. The van der Waals surface area contributed by atoms with Gasteiger partial charge in [-0.3, -0.25) is 18.5 Å². The number of sulfone groups is 1. The third-order valence-electron chi connectivity index (χ3n) is 10.3. The molecule has 1 N–H and O–H groups in total. The van der Waals surface area contributed by atoms with Gasteiger partial charge >= 0.3 is 5.69 Å². The number of aromatic amines is 1. The van der Waals surface area contributed by atoms with Crippen LogP contribution >= 0.6 is 0 Å². The molecule has 1 saturated heterocycles. The molecule has 0 saturated carbocycles. The van der Waals surface area contributed by atoms with Crippen molar-refractivity contribution in [2.45, 2.75) is 60.7 Å². The lowest BCUT2D eigenvalue weighted by molar-refractivity contribution is -0.224. The van der Waals surface area contributed by atoms with Gasteiger partial charge in [0.1, 0.15) is 29.2 Å². The van der Waals surface area contributed by atoms with Crippen molar-refractivity contribution in [2.75, 3.05) is 12.9 Å². The second-order valence-electron chi connectivity index (χ2n) is 14.5. The van der Waals surface area contributed by atoms with Crippen LogP contribution in [0.4, 0.5) is 0 Å².